The standard InChI is InChI=1S/C18H21NO2/c1-2-5-15(6-3-1)7-4-11-20-14-18-16(10-12-21-18)13-19-17-8-9-17/h1-7,10,12,17,19H,8-9,11,13-14H2. The highest BCUT2D eigenvalue weighted by molar-refractivity contribution is 5.48. The van der Waals surface area contributed by atoms with Crippen molar-refractivity contribution in [1.29, 1.82) is 0 Å². The van der Waals surface area contributed by atoms with Crippen LogP contribution in [0.3, 0.4) is 0 Å². The van der Waals surface area contributed by atoms with E-state index in [2.05, 4.69) is 23.5 Å². The van der Waals surface area contributed by atoms with Crippen molar-refractivity contribution in [2.24, 2.45) is 0 Å². The molecule has 1 aliphatic rings. The van der Waals surface area contributed by atoms with Gasteiger partial charge in [0.1, 0.15) is 12.4 Å². The highest BCUT2D eigenvalue weighted by Gasteiger charge is 2.20. The summed E-state index contributed by atoms with van der Waals surface area (Å²) < 4.78 is 11.1. The second-order valence-electron chi connectivity index (χ2n) is 5.35. The Bertz CT molecular complexity index is 570. The number of nitrogens with one attached hydrogen (secondary N) is 1. The number of furan rings is 1. The summed E-state index contributed by atoms with van der Waals surface area (Å²) in [5, 5.41) is 3.49. The summed E-state index contributed by atoms with van der Waals surface area (Å²) in [7, 11) is 0. The molecular weight excluding hydrogens is 262 g/mol. The van der Waals surface area contributed by atoms with E-state index in [1.54, 1.807) is 6.26 Å². The fourth-order valence-corrected chi connectivity index (χ4v) is 2.16. The van der Waals surface area contributed by atoms with Gasteiger partial charge in [-0.1, -0.05) is 42.5 Å². The van der Waals surface area contributed by atoms with E-state index < -0.39 is 0 Å². The molecule has 3 heteroatoms. The Morgan fingerprint density at radius 1 is 1.19 bits per heavy atom. The van der Waals surface area contributed by atoms with Gasteiger partial charge < -0.3 is 14.5 Å². The second kappa shape index (κ2) is 7.25. The van der Waals surface area contributed by atoms with Gasteiger partial charge in [0.15, 0.2) is 0 Å². The predicted octanol–water partition coefficient (Wildman–Crippen LogP) is 3.76. The van der Waals surface area contributed by atoms with Gasteiger partial charge in [0, 0.05) is 18.2 Å². The van der Waals surface area contributed by atoms with Crippen LogP contribution in [0.2, 0.25) is 0 Å². The van der Waals surface area contributed by atoms with Crippen molar-refractivity contribution in [3.63, 3.8) is 0 Å². The number of ether oxygens (including phenoxy) is 1. The molecule has 110 valence electrons. The third kappa shape index (κ3) is 4.59. The molecule has 0 spiro atoms. The van der Waals surface area contributed by atoms with E-state index in [9.17, 15) is 0 Å². The molecule has 0 amide bonds. The number of rotatable bonds is 8. The molecule has 0 radical (unpaired) electrons. The normalized spacial score (nSPS) is 14.9. The van der Waals surface area contributed by atoms with Crippen molar-refractivity contribution < 1.29 is 9.15 Å². The third-order valence-electron chi connectivity index (χ3n) is 3.55. The largest absolute Gasteiger partial charge is 0.467 e. The number of hydrogen-bond acceptors (Lipinski definition) is 3. The first-order valence-electron chi connectivity index (χ1n) is 7.50. The SMILES string of the molecule is C(=Cc1ccccc1)COCc1occc1CNC1CC1. The lowest BCUT2D eigenvalue weighted by Crippen LogP contribution is -2.15. The molecule has 1 aromatic heterocycles. The molecule has 1 fully saturated rings. The van der Waals surface area contributed by atoms with Gasteiger partial charge in [0.25, 0.3) is 0 Å². The summed E-state index contributed by atoms with van der Waals surface area (Å²) in [4.78, 5) is 0. The molecule has 3 nitrogen and oxygen atoms in total. The highest BCUT2D eigenvalue weighted by atomic mass is 16.5. The average molecular weight is 283 g/mol. The van der Waals surface area contributed by atoms with Crippen molar-refractivity contribution in [3.05, 3.63) is 65.6 Å². The summed E-state index contributed by atoms with van der Waals surface area (Å²) >= 11 is 0. The Hall–Kier alpha value is -1.84. The first kappa shape index (κ1) is 14.1. The zero-order valence-corrected chi connectivity index (χ0v) is 12.1. The Morgan fingerprint density at radius 3 is 2.86 bits per heavy atom. The van der Waals surface area contributed by atoms with Crippen LogP contribution in [0.5, 0.6) is 0 Å². The van der Waals surface area contributed by atoms with Crippen molar-refractivity contribution in [3.8, 4) is 0 Å². The Balaban J connectivity index is 1.40. The van der Waals surface area contributed by atoms with Gasteiger partial charge in [-0.05, 0) is 24.5 Å². The summed E-state index contributed by atoms with van der Waals surface area (Å²) in [5.41, 5.74) is 2.39. The molecule has 21 heavy (non-hydrogen) atoms. The van der Waals surface area contributed by atoms with Gasteiger partial charge in [-0.15, -0.1) is 0 Å². The van der Waals surface area contributed by atoms with Crippen LogP contribution >= 0.6 is 0 Å². The fourth-order valence-electron chi connectivity index (χ4n) is 2.16. The molecule has 1 N–H and O–H groups in total. The molecule has 2 aromatic rings. The van der Waals surface area contributed by atoms with Gasteiger partial charge in [-0.3, -0.25) is 0 Å². The Labute approximate surface area is 125 Å². The predicted molar refractivity (Wildman–Crippen MR) is 83.7 cm³/mol. The lowest BCUT2D eigenvalue weighted by atomic mass is 10.2. The van der Waals surface area contributed by atoms with Gasteiger partial charge >= 0.3 is 0 Å². The van der Waals surface area contributed by atoms with E-state index in [4.69, 9.17) is 9.15 Å². The maximum Gasteiger partial charge on any atom is 0.133 e. The van der Waals surface area contributed by atoms with E-state index >= 15 is 0 Å². The minimum Gasteiger partial charge on any atom is -0.467 e. The van der Waals surface area contributed by atoms with E-state index in [1.807, 2.05) is 30.3 Å². The van der Waals surface area contributed by atoms with Crippen LogP contribution in [0.4, 0.5) is 0 Å². The molecule has 0 aliphatic heterocycles. The minimum atomic E-state index is 0.522. The zero-order chi connectivity index (χ0) is 14.3. The van der Waals surface area contributed by atoms with Crippen LogP contribution in [0, 0.1) is 0 Å². The van der Waals surface area contributed by atoms with E-state index in [0.29, 0.717) is 19.3 Å². The summed E-state index contributed by atoms with van der Waals surface area (Å²) in [6.45, 7) is 1.98. The molecule has 1 saturated carbocycles. The number of hydrogen-bond donors (Lipinski definition) is 1. The van der Waals surface area contributed by atoms with Crippen molar-refractivity contribution >= 4 is 6.08 Å². The van der Waals surface area contributed by atoms with Crippen LogP contribution in [-0.2, 0) is 17.9 Å². The lowest BCUT2D eigenvalue weighted by molar-refractivity contribution is 0.131. The van der Waals surface area contributed by atoms with E-state index in [1.165, 1.54) is 24.0 Å². The smallest absolute Gasteiger partial charge is 0.133 e. The molecule has 0 saturated heterocycles. The summed E-state index contributed by atoms with van der Waals surface area (Å²) in [5.74, 6) is 0.927. The Kier molecular flexibility index (Phi) is 4.87. The van der Waals surface area contributed by atoms with E-state index in [-0.39, 0.29) is 0 Å². The van der Waals surface area contributed by atoms with Gasteiger partial charge in [-0.2, -0.15) is 0 Å². The van der Waals surface area contributed by atoms with Crippen LogP contribution in [0.15, 0.2) is 53.2 Å². The van der Waals surface area contributed by atoms with Crippen LogP contribution in [0.25, 0.3) is 6.08 Å². The maximum atomic E-state index is 5.65. The average Bonchev–Trinajstić information content (AvgIpc) is 3.25. The minimum absolute atomic E-state index is 0.522. The first-order chi connectivity index (χ1) is 10.4. The zero-order valence-electron chi connectivity index (χ0n) is 12.1. The van der Waals surface area contributed by atoms with Crippen molar-refractivity contribution in [1.82, 2.24) is 5.32 Å². The topological polar surface area (TPSA) is 34.4 Å². The summed E-state index contributed by atoms with van der Waals surface area (Å²) in [6, 6.07) is 13.0. The van der Waals surface area contributed by atoms with Gasteiger partial charge in [0.2, 0.25) is 0 Å². The van der Waals surface area contributed by atoms with E-state index in [0.717, 1.165) is 12.3 Å². The molecule has 0 bridgehead atoms. The van der Waals surface area contributed by atoms with Crippen molar-refractivity contribution in [2.45, 2.75) is 32.0 Å². The molecule has 0 atom stereocenters. The molecule has 1 aromatic carbocycles. The van der Waals surface area contributed by atoms with Crippen molar-refractivity contribution in [2.75, 3.05) is 6.61 Å². The molecule has 3 rings (SSSR count). The fraction of sp³-hybridized carbons (Fsp3) is 0.333. The molecule has 1 aliphatic carbocycles. The Morgan fingerprint density at radius 2 is 2.05 bits per heavy atom. The lowest BCUT2D eigenvalue weighted by Gasteiger charge is -2.04. The quantitative estimate of drug-likeness (QED) is 0.749. The first-order valence-corrected chi connectivity index (χ1v) is 7.50. The monoisotopic (exact) mass is 283 g/mol. The molecular formula is C18H21NO2. The number of benzene rings is 1. The third-order valence-corrected chi connectivity index (χ3v) is 3.55. The van der Waals surface area contributed by atoms with Gasteiger partial charge in [0.05, 0.1) is 12.9 Å². The molecule has 1 heterocycles. The highest BCUT2D eigenvalue weighted by Crippen LogP contribution is 2.20. The van der Waals surface area contributed by atoms with Crippen LogP contribution in [-0.4, -0.2) is 12.6 Å². The van der Waals surface area contributed by atoms with Gasteiger partial charge in [-0.25, -0.2) is 0 Å². The van der Waals surface area contributed by atoms with Crippen LogP contribution < -0.4 is 5.32 Å². The summed E-state index contributed by atoms with van der Waals surface area (Å²) in [6.07, 6.45) is 8.43. The molecule has 0 unspecified atom stereocenters. The maximum absolute atomic E-state index is 5.65. The van der Waals surface area contributed by atoms with Crippen LogP contribution in [0.1, 0.15) is 29.7 Å². The second-order valence-corrected chi connectivity index (χ2v) is 5.35.